The highest BCUT2D eigenvalue weighted by molar-refractivity contribution is 5.69. The average molecular weight is 278 g/mol. The predicted molar refractivity (Wildman–Crippen MR) is 65.9 cm³/mol. The predicted octanol–water partition coefficient (Wildman–Crippen LogP) is 0.811. The van der Waals surface area contributed by atoms with E-state index in [9.17, 15) is 14.9 Å². The van der Waals surface area contributed by atoms with E-state index in [0.717, 1.165) is 0 Å². The third-order valence-electron chi connectivity index (χ3n) is 2.56. The highest BCUT2D eigenvalue weighted by atomic mass is 16.6. The van der Waals surface area contributed by atoms with E-state index in [0.29, 0.717) is 11.4 Å². The van der Waals surface area contributed by atoms with Crippen molar-refractivity contribution in [1.82, 2.24) is 15.0 Å². The van der Waals surface area contributed by atoms with Crippen LogP contribution >= 0.6 is 0 Å². The Morgan fingerprint density at radius 3 is 2.90 bits per heavy atom. The van der Waals surface area contributed by atoms with Crippen LogP contribution in [-0.4, -0.2) is 38.1 Å². The van der Waals surface area contributed by atoms with Gasteiger partial charge in [-0.1, -0.05) is 5.21 Å². The van der Waals surface area contributed by atoms with Crippen LogP contribution in [0.2, 0.25) is 0 Å². The Kier molecular flexibility index (Phi) is 3.60. The standard InChI is InChI=1S/C11H10N4O5/c1-20-10-3-2-7(4-9(10)15(18)19)14-8(5-11(16)17)6-12-13-14/h2-4,6H,5H2,1H3,(H,16,17). The second-order valence-corrected chi connectivity index (χ2v) is 3.82. The number of benzene rings is 1. The maximum atomic E-state index is 11.0. The number of carboxylic acids is 1. The summed E-state index contributed by atoms with van der Waals surface area (Å²) in [6.45, 7) is 0. The van der Waals surface area contributed by atoms with Gasteiger partial charge in [-0.25, -0.2) is 4.68 Å². The molecule has 0 saturated carbocycles. The monoisotopic (exact) mass is 278 g/mol. The van der Waals surface area contributed by atoms with Gasteiger partial charge >= 0.3 is 11.7 Å². The fourth-order valence-electron chi connectivity index (χ4n) is 1.70. The Morgan fingerprint density at radius 2 is 2.30 bits per heavy atom. The highest BCUT2D eigenvalue weighted by Gasteiger charge is 2.18. The van der Waals surface area contributed by atoms with E-state index >= 15 is 0 Å². The third-order valence-corrected chi connectivity index (χ3v) is 2.56. The number of nitrogens with zero attached hydrogens (tertiary/aromatic N) is 4. The van der Waals surface area contributed by atoms with Crippen molar-refractivity contribution in [1.29, 1.82) is 0 Å². The van der Waals surface area contributed by atoms with Crippen molar-refractivity contribution in [2.45, 2.75) is 6.42 Å². The lowest BCUT2D eigenvalue weighted by Crippen LogP contribution is -2.08. The van der Waals surface area contributed by atoms with E-state index < -0.39 is 10.9 Å². The molecule has 0 aliphatic heterocycles. The lowest BCUT2D eigenvalue weighted by Gasteiger charge is -2.06. The average Bonchev–Trinajstić information content (AvgIpc) is 2.85. The van der Waals surface area contributed by atoms with Gasteiger partial charge in [-0.15, -0.1) is 5.10 Å². The van der Waals surface area contributed by atoms with E-state index in [-0.39, 0.29) is 17.9 Å². The van der Waals surface area contributed by atoms with Gasteiger partial charge in [0, 0.05) is 6.07 Å². The largest absolute Gasteiger partial charge is 0.490 e. The molecule has 20 heavy (non-hydrogen) atoms. The van der Waals surface area contributed by atoms with E-state index in [1.54, 1.807) is 0 Å². The minimum atomic E-state index is -1.04. The lowest BCUT2D eigenvalue weighted by atomic mass is 10.2. The van der Waals surface area contributed by atoms with E-state index in [1.165, 1.54) is 36.2 Å². The molecule has 0 amide bonds. The molecule has 2 aromatic rings. The number of hydrogen-bond acceptors (Lipinski definition) is 6. The molecule has 0 bridgehead atoms. The van der Waals surface area contributed by atoms with Gasteiger partial charge in [-0.05, 0) is 12.1 Å². The number of aromatic nitrogens is 3. The molecule has 0 saturated heterocycles. The summed E-state index contributed by atoms with van der Waals surface area (Å²) in [5, 5.41) is 27.1. The van der Waals surface area contributed by atoms with Crippen LogP contribution in [0, 0.1) is 10.1 Å². The molecule has 0 atom stereocenters. The first kappa shape index (κ1) is 13.5. The molecular formula is C11H10N4O5. The number of nitro benzene ring substituents is 1. The number of nitro groups is 1. The summed E-state index contributed by atoms with van der Waals surface area (Å²) in [4.78, 5) is 21.1. The molecule has 0 aliphatic carbocycles. The van der Waals surface area contributed by atoms with Crippen LogP contribution in [0.1, 0.15) is 5.69 Å². The molecule has 0 unspecified atom stereocenters. The Hall–Kier alpha value is -2.97. The van der Waals surface area contributed by atoms with Crippen LogP contribution < -0.4 is 4.74 Å². The van der Waals surface area contributed by atoms with Gasteiger partial charge in [0.2, 0.25) is 0 Å². The summed E-state index contributed by atoms with van der Waals surface area (Å²) in [6.07, 6.45) is 1.01. The van der Waals surface area contributed by atoms with E-state index in [1.807, 2.05) is 0 Å². The third kappa shape index (κ3) is 2.55. The zero-order valence-electron chi connectivity index (χ0n) is 10.4. The van der Waals surface area contributed by atoms with Crippen molar-refractivity contribution in [2.24, 2.45) is 0 Å². The van der Waals surface area contributed by atoms with Crippen molar-refractivity contribution < 1.29 is 19.6 Å². The summed E-state index contributed by atoms with van der Waals surface area (Å²) in [5.41, 5.74) is 0.421. The van der Waals surface area contributed by atoms with Crippen LogP contribution in [-0.2, 0) is 11.2 Å². The van der Waals surface area contributed by atoms with Crippen molar-refractivity contribution >= 4 is 11.7 Å². The van der Waals surface area contributed by atoms with Gasteiger partial charge in [0.1, 0.15) is 0 Å². The molecule has 0 radical (unpaired) electrons. The summed E-state index contributed by atoms with van der Waals surface area (Å²) in [6, 6.07) is 4.20. The summed E-state index contributed by atoms with van der Waals surface area (Å²) in [5.74, 6) is -0.935. The molecule has 1 aromatic heterocycles. The van der Waals surface area contributed by atoms with Crippen LogP contribution in [0.15, 0.2) is 24.4 Å². The van der Waals surface area contributed by atoms with Crippen molar-refractivity contribution in [2.75, 3.05) is 7.11 Å². The van der Waals surface area contributed by atoms with Gasteiger partial charge in [0.15, 0.2) is 5.75 Å². The van der Waals surface area contributed by atoms with Gasteiger partial charge < -0.3 is 9.84 Å². The maximum absolute atomic E-state index is 11.0. The number of rotatable bonds is 5. The number of carboxylic acid groups (broad SMARTS) is 1. The van der Waals surface area contributed by atoms with Gasteiger partial charge in [-0.2, -0.15) is 0 Å². The Morgan fingerprint density at radius 1 is 1.55 bits per heavy atom. The van der Waals surface area contributed by atoms with Crippen LogP contribution in [0.3, 0.4) is 0 Å². The lowest BCUT2D eigenvalue weighted by molar-refractivity contribution is -0.385. The normalized spacial score (nSPS) is 10.2. The van der Waals surface area contributed by atoms with Gasteiger partial charge in [0.25, 0.3) is 0 Å². The summed E-state index contributed by atoms with van der Waals surface area (Å²) >= 11 is 0. The zero-order chi connectivity index (χ0) is 14.7. The highest BCUT2D eigenvalue weighted by Crippen LogP contribution is 2.29. The van der Waals surface area contributed by atoms with Crippen LogP contribution in [0.25, 0.3) is 5.69 Å². The number of hydrogen-bond donors (Lipinski definition) is 1. The first-order valence-electron chi connectivity index (χ1n) is 5.47. The topological polar surface area (TPSA) is 120 Å². The Labute approximate surface area is 112 Å². The van der Waals surface area contributed by atoms with Gasteiger partial charge in [-0.3, -0.25) is 14.9 Å². The zero-order valence-corrected chi connectivity index (χ0v) is 10.4. The SMILES string of the molecule is COc1ccc(-n2nncc2CC(=O)O)cc1[N+](=O)[O-]. The van der Waals surface area contributed by atoms with E-state index in [2.05, 4.69) is 10.3 Å². The molecule has 0 aliphatic rings. The summed E-state index contributed by atoms with van der Waals surface area (Å²) < 4.78 is 6.13. The van der Waals surface area contributed by atoms with E-state index in [4.69, 9.17) is 9.84 Å². The molecule has 0 spiro atoms. The van der Waals surface area contributed by atoms with Crippen molar-refractivity contribution in [3.8, 4) is 11.4 Å². The first-order valence-corrected chi connectivity index (χ1v) is 5.47. The minimum Gasteiger partial charge on any atom is -0.490 e. The number of ether oxygens (including phenoxy) is 1. The molecule has 2 rings (SSSR count). The Balaban J connectivity index is 2.48. The smallest absolute Gasteiger partial charge is 0.313 e. The van der Waals surface area contributed by atoms with Crippen molar-refractivity contribution in [3.63, 3.8) is 0 Å². The molecule has 9 nitrogen and oxygen atoms in total. The summed E-state index contributed by atoms with van der Waals surface area (Å²) in [7, 11) is 1.33. The molecule has 1 heterocycles. The van der Waals surface area contributed by atoms with Crippen LogP contribution in [0.5, 0.6) is 5.75 Å². The number of carbonyl (C=O) groups is 1. The van der Waals surface area contributed by atoms with Crippen LogP contribution in [0.4, 0.5) is 5.69 Å². The number of aliphatic carboxylic acids is 1. The first-order chi connectivity index (χ1) is 9.52. The molecule has 1 aromatic carbocycles. The second-order valence-electron chi connectivity index (χ2n) is 3.82. The molecule has 104 valence electrons. The quantitative estimate of drug-likeness (QED) is 0.634. The van der Waals surface area contributed by atoms with Crippen molar-refractivity contribution in [3.05, 3.63) is 40.2 Å². The minimum absolute atomic E-state index is 0.110. The Bertz CT molecular complexity index is 667. The van der Waals surface area contributed by atoms with Gasteiger partial charge in [0.05, 0.1) is 36.0 Å². The molecule has 0 fully saturated rings. The fourth-order valence-corrected chi connectivity index (χ4v) is 1.70. The number of methoxy groups -OCH3 is 1. The molecule has 9 heteroatoms. The molecular weight excluding hydrogens is 268 g/mol. The fraction of sp³-hybridized carbons (Fsp3) is 0.182. The molecule has 1 N–H and O–H groups in total. The maximum Gasteiger partial charge on any atom is 0.313 e. The second kappa shape index (κ2) is 5.34.